The quantitative estimate of drug-likeness (QED) is 0.370. The van der Waals surface area contributed by atoms with Gasteiger partial charge in [0.05, 0.1) is 4.92 Å². The van der Waals surface area contributed by atoms with Crippen molar-refractivity contribution in [1.82, 2.24) is 0 Å². The van der Waals surface area contributed by atoms with Gasteiger partial charge in [0.2, 0.25) is 0 Å². The molecular formula is C10H9BrClNO4. The first-order chi connectivity index (χ1) is 7.91. The minimum Gasteiger partial charge on any atom is -0.446 e. The molecule has 0 heterocycles. The molecule has 17 heavy (non-hydrogen) atoms. The normalized spacial score (nSPS) is 11.9. The second-order valence-corrected chi connectivity index (χ2v) is 4.56. The molecule has 1 rings (SSSR count). The molecule has 0 saturated carbocycles. The number of nitrogens with zero attached hydrogens (tertiary/aromatic N) is 1. The topological polar surface area (TPSA) is 69.4 Å². The highest BCUT2D eigenvalue weighted by Crippen LogP contribution is 2.28. The zero-order chi connectivity index (χ0) is 13.0. The lowest BCUT2D eigenvalue weighted by molar-refractivity contribution is -0.385. The van der Waals surface area contributed by atoms with E-state index in [1.807, 2.05) is 0 Å². The Labute approximate surface area is 111 Å². The van der Waals surface area contributed by atoms with Crippen molar-refractivity contribution in [3.8, 4) is 0 Å². The zero-order valence-electron chi connectivity index (χ0n) is 8.85. The second-order valence-electron chi connectivity index (χ2n) is 3.22. The van der Waals surface area contributed by atoms with E-state index in [0.29, 0.717) is 10.0 Å². The minimum absolute atomic E-state index is 0.0582. The van der Waals surface area contributed by atoms with Crippen molar-refractivity contribution in [2.45, 2.75) is 18.9 Å². The van der Waals surface area contributed by atoms with Crippen LogP contribution in [0.5, 0.6) is 0 Å². The Morgan fingerprint density at radius 3 is 2.82 bits per heavy atom. The predicted octanol–water partition coefficient (Wildman–Crippen LogP) is 3.03. The van der Waals surface area contributed by atoms with E-state index < -0.39 is 16.5 Å². The molecule has 92 valence electrons. The molecule has 0 spiro atoms. The molecule has 1 atom stereocenters. The van der Waals surface area contributed by atoms with E-state index in [-0.39, 0.29) is 12.1 Å². The number of halogens is 2. The third-order valence-corrected chi connectivity index (χ3v) is 2.94. The third-order valence-electron chi connectivity index (χ3n) is 1.95. The molecule has 1 aromatic rings. The van der Waals surface area contributed by atoms with Crippen LogP contribution in [0.1, 0.15) is 12.5 Å². The number of ether oxygens (including phenoxy) is 1. The van der Waals surface area contributed by atoms with E-state index in [0.717, 1.165) is 0 Å². The number of carbonyl (C=O) groups is 1. The van der Waals surface area contributed by atoms with Crippen molar-refractivity contribution >= 4 is 39.2 Å². The fraction of sp³-hybridized carbons (Fsp3) is 0.300. The Kier molecular flexibility index (Phi) is 4.89. The van der Waals surface area contributed by atoms with Gasteiger partial charge in [-0.3, -0.25) is 14.9 Å². The number of hydrogen-bond donors (Lipinski definition) is 0. The number of benzene rings is 1. The molecule has 0 radical (unpaired) electrons. The highest BCUT2D eigenvalue weighted by atomic mass is 79.9. The molecule has 0 saturated heterocycles. The van der Waals surface area contributed by atoms with E-state index in [1.54, 1.807) is 12.1 Å². The first-order valence-electron chi connectivity index (χ1n) is 4.65. The molecule has 0 aliphatic heterocycles. The van der Waals surface area contributed by atoms with Gasteiger partial charge in [-0.2, -0.15) is 0 Å². The average molecular weight is 323 g/mol. The van der Waals surface area contributed by atoms with Crippen LogP contribution < -0.4 is 0 Å². The van der Waals surface area contributed by atoms with Gasteiger partial charge in [0.25, 0.3) is 5.69 Å². The smallest absolute Gasteiger partial charge is 0.304 e. The van der Waals surface area contributed by atoms with Crippen LogP contribution in [-0.2, 0) is 16.0 Å². The van der Waals surface area contributed by atoms with Crippen molar-refractivity contribution in [2.75, 3.05) is 0 Å². The molecule has 7 heteroatoms. The maximum atomic E-state index is 10.8. The van der Waals surface area contributed by atoms with Crippen LogP contribution in [0.3, 0.4) is 0 Å². The van der Waals surface area contributed by atoms with Crippen molar-refractivity contribution in [3.63, 3.8) is 0 Å². The number of carbonyl (C=O) groups excluding carboxylic acids is 1. The Morgan fingerprint density at radius 1 is 1.65 bits per heavy atom. The number of esters is 1. The molecule has 1 unspecified atom stereocenters. The summed E-state index contributed by atoms with van der Waals surface area (Å²) in [6.45, 7) is 1.23. The Morgan fingerprint density at radius 2 is 2.29 bits per heavy atom. The van der Waals surface area contributed by atoms with E-state index in [2.05, 4.69) is 15.9 Å². The van der Waals surface area contributed by atoms with E-state index in [4.69, 9.17) is 16.3 Å². The van der Waals surface area contributed by atoms with Gasteiger partial charge in [0.1, 0.15) is 0 Å². The maximum absolute atomic E-state index is 10.8. The second kappa shape index (κ2) is 5.97. The molecule has 0 amide bonds. The Hall–Kier alpha value is -1.14. The molecule has 0 aliphatic rings. The lowest BCUT2D eigenvalue weighted by atomic mass is 10.1. The van der Waals surface area contributed by atoms with Gasteiger partial charge in [0.15, 0.2) is 5.56 Å². The highest BCUT2D eigenvalue weighted by Gasteiger charge is 2.20. The highest BCUT2D eigenvalue weighted by molar-refractivity contribution is 9.10. The summed E-state index contributed by atoms with van der Waals surface area (Å²) in [7, 11) is 0. The van der Waals surface area contributed by atoms with Crippen LogP contribution in [0.15, 0.2) is 22.7 Å². The molecule has 0 fully saturated rings. The molecule has 0 aromatic heterocycles. The van der Waals surface area contributed by atoms with Gasteiger partial charge in [-0.25, -0.2) is 0 Å². The number of nitro groups is 1. The number of alkyl halides is 1. The fourth-order valence-electron chi connectivity index (χ4n) is 1.30. The first kappa shape index (κ1) is 13.9. The SMILES string of the molecule is CC(=O)OC(Cl)Cc1c(Br)cccc1[N+](=O)[O-]. The maximum Gasteiger partial charge on any atom is 0.304 e. The summed E-state index contributed by atoms with van der Waals surface area (Å²) in [5.74, 6) is -0.528. The summed E-state index contributed by atoms with van der Waals surface area (Å²) in [5, 5.41) is 10.8. The van der Waals surface area contributed by atoms with Gasteiger partial charge >= 0.3 is 5.97 Å². The molecular weight excluding hydrogens is 313 g/mol. The van der Waals surface area contributed by atoms with E-state index >= 15 is 0 Å². The minimum atomic E-state index is -0.926. The van der Waals surface area contributed by atoms with Crippen molar-refractivity contribution < 1.29 is 14.5 Å². The van der Waals surface area contributed by atoms with Crippen LogP contribution in [0.25, 0.3) is 0 Å². The molecule has 0 aliphatic carbocycles. The largest absolute Gasteiger partial charge is 0.446 e. The zero-order valence-corrected chi connectivity index (χ0v) is 11.2. The third kappa shape index (κ3) is 3.98. The summed E-state index contributed by atoms with van der Waals surface area (Å²) in [4.78, 5) is 21.0. The van der Waals surface area contributed by atoms with Crippen molar-refractivity contribution in [3.05, 3.63) is 38.3 Å². The van der Waals surface area contributed by atoms with Gasteiger partial charge in [-0.15, -0.1) is 0 Å². The summed E-state index contributed by atoms with van der Waals surface area (Å²) < 4.78 is 5.29. The number of hydrogen-bond acceptors (Lipinski definition) is 4. The number of rotatable bonds is 4. The predicted molar refractivity (Wildman–Crippen MR) is 65.9 cm³/mol. The lowest BCUT2D eigenvalue weighted by Gasteiger charge is -2.11. The summed E-state index contributed by atoms with van der Waals surface area (Å²) >= 11 is 8.98. The van der Waals surface area contributed by atoms with E-state index in [1.165, 1.54) is 13.0 Å². The molecule has 1 aromatic carbocycles. The molecule has 0 bridgehead atoms. The van der Waals surface area contributed by atoms with Gasteiger partial charge in [0, 0.05) is 29.4 Å². The van der Waals surface area contributed by atoms with E-state index in [9.17, 15) is 14.9 Å². The lowest BCUT2D eigenvalue weighted by Crippen LogP contribution is -2.13. The molecule has 5 nitrogen and oxygen atoms in total. The van der Waals surface area contributed by atoms with Crippen molar-refractivity contribution in [2.24, 2.45) is 0 Å². The van der Waals surface area contributed by atoms with Crippen LogP contribution >= 0.6 is 27.5 Å². The fourth-order valence-corrected chi connectivity index (χ4v) is 2.10. The Bertz CT molecular complexity index is 452. The van der Waals surface area contributed by atoms with Crippen molar-refractivity contribution in [1.29, 1.82) is 0 Å². The van der Waals surface area contributed by atoms with Crippen LogP contribution in [-0.4, -0.2) is 16.5 Å². The molecule has 0 N–H and O–H groups in total. The average Bonchev–Trinajstić information content (AvgIpc) is 2.19. The van der Waals surface area contributed by atoms with Gasteiger partial charge in [-0.05, 0) is 6.07 Å². The van der Waals surface area contributed by atoms with Crippen LogP contribution in [0.2, 0.25) is 0 Å². The monoisotopic (exact) mass is 321 g/mol. The summed E-state index contributed by atoms with van der Waals surface area (Å²) in [6, 6.07) is 4.60. The van der Waals surface area contributed by atoms with Gasteiger partial charge in [-0.1, -0.05) is 33.6 Å². The number of nitro benzene ring substituents is 1. The summed E-state index contributed by atoms with van der Waals surface area (Å²) in [5.41, 5.74) is -0.583. The Balaban J connectivity index is 2.96. The van der Waals surface area contributed by atoms with Crippen LogP contribution in [0.4, 0.5) is 5.69 Å². The van der Waals surface area contributed by atoms with Crippen LogP contribution in [0, 0.1) is 10.1 Å². The summed E-state index contributed by atoms with van der Waals surface area (Å²) in [6.07, 6.45) is 0.0683. The van der Waals surface area contributed by atoms with Gasteiger partial charge < -0.3 is 4.74 Å². The first-order valence-corrected chi connectivity index (χ1v) is 5.88. The standard InChI is InChI=1S/C10H9BrClNO4/c1-6(14)17-10(12)5-7-8(11)3-2-4-9(7)13(15)16/h2-4,10H,5H2,1H3.